The number of halogens is 4. The second-order valence-corrected chi connectivity index (χ2v) is 8.26. The number of hydrogen-bond donors (Lipinski definition) is 6. The summed E-state index contributed by atoms with van der Waals surface area (Å²) in [6.07, 6.45) is -5.08. The predicted molar refractivity (Wildman–Crippen MR) is 144 cm³/mol. The van der Waals surface area contributed by atoms with Gasteiger partial charge >= 0.3 is 12.1 Å². The number of nitrogens with two attached hydrogens (primary N) is 1. The largest absolute Gasteiger partial charge is 0.493 e. The number of amidine groups is 1. The van der Waals surface area contributed by atoms with E-state index in [4.69, 9.17) is 42.1 Å². The van der Waals surface area contributed by atoms with Crippen LogP contribution in [0.1, 0.15) is 27.5 Å². The first-order valence-electron chi connectivity index (χ1n) is 11.4. The summed E-state index contributed by atoms with van der Waals surface area (Å²) in [4.78, 5) is 34.5. The Morgan fingerprint density at radius 1 is 0.927 bits per heavy atom. The minimum atomic E-state index is -5.08. The molecule has 0 radical (unpaired) electrons. The molecule has 0 aliphatic carbocycles. The van der Waals surface area contributed by atoms with Gasteiger partial charge in [-0.1, -0.05) is 35.9 Å². The number of nitrogen functional groups attached to an aromatic ring is 1. The first-order valence-corrected chi connectivity index (χ1v) is 11.7. The molecule has 15 heteroatoms. The number of hydrogen-bond acceptors (Lipinski definition) is 7. The van der Waals surface area contributed by atoms with Gasteiger partial charge in [-0.3, -0.25) is 25.8 Å². The summed E-state index contributed by atoms with van der Waals surface area (Å²) < 4.78 is 42.4. The number of nitrogens with one attached hydrogen (secondary N) is 4. The van der Waals surface area contributed by atoms with Gasteiger partial charge in [0.15, 0.2) is 11.5 Å². The van der Waals surface area contributed by atoms with Crippen molar-refractivity contribution in [1.82, 2.24) is 10.9 Å². The highest BCUT2D eigenvalue weighted by Gasteiger charge is 2.38. The van der Waals surface area contributed by atoms with Crippen LogP contribution in [0.4, 0.5) is 18.9 Å². The van der Waals surface area contributed by atoms with E-state index in [-0.39, 0.29) is 16.6 Å². The maximum Gasteiger partial charge on any atom is 0.490 e. The Labute approximate surface area is 236 Å². The number of carbonyl (C=O) groups is 3. The van der Waals surface area contributed by atoms with Crippen molar-refractivity contribution in [3.8, 4) is 11.5 Å². The van der Waals surface area contributed by atoms with E-state index < -0.39 is 30.0 Å². The van der Waals surface area contributed by atoms with Crippen LogP contribution in [0.25, 0.3) is 0 Å². The molecule has 7 N–H and O–H groups in total. The van der Waals surface area contributed by atoms with Crippen LogP contribution in [-0.4, -0.2) is 49.1 Å². The van der Waals surface area contributed by atoms with Crippen molar-refractivity contribution in [2.75, 3.05) is 19.5 Å². The van der Waals surface area contributed by atoms with E-state index >= 15 is 0 Å². The molecule has 2 amide bonds. The molecule has 1 atom stereocenters. The highest BCUT2D eigenvalue weighted by atomic mass is 35.5. The van der Waals surface area contributed by atoms with Gasteiger partial charge in [-0.05, 0) is 42.5 Å². The molecule has 0 aliphatic rings. The number of carbonyl (C=O) groups excluding carboxylic acids is 2. The van der Waals surface area contributed by atoms with Crippen molar-refractivity contribution in [3.05, 3.63) is 88.4 Å². The van der Waals surface area contributed by atoms with Crippen LogP contribution in [0.2, 0.25) is 5.02 Å². The van der Waals surface area contributed by atoms with Crippen molar-refractivity contribution in [2.24, 2.45) is 5.73 Å². The van der Waals surface area contributed by atoms with Gasteiger partial charge in [0, 0.05) is 22.4 Å². The molecule has 0 aromatic heterocycles. The van der Waals surface area contributed by atoms with Crippen LogP contribution in [0.5, 0.6) is 11.5 Å². The number of hydrazine groups is 1. The Kier molecular flexibility index (Phi) is 11.3. The first-order chi connectivity index (χ1) is 19.3. The Morgan fingerprint density at radius 3 is 2.00 bits per heavy atom. The summed E-state index contributed by atoms with van der Waals surface area (Å²) in [5.41, 5.74) is 12.2. The number of amides is 2. The normalized spacial score (nSPS) is 11.2. The van der Waals surface area contributed by atoms with Crippen LogP contribution in [0.15, 0.2) is 66.7 Å². The van der Waals surface area contributed by atoms with E-state index in [0.717, 1.165) is 0 Å². The number of carboxylic acids is 1. The predicted octanol–water partition coefficient (Wildman–Crippen LogP) is 3.89. The van der Waals surface area contributed by atoms with Gasteiger partial charge in [-0.2, -0.15) is 13.2 Å². The summed E-state index contributed by atoms with van der Waals surface area (Å²) in [6.45, 7) is 0. The van der Waals surface area contributed by atoms with E-state index in [2.05, 4.69) is 16.2 Å². The number of benzene rings is 3. The molecule has 0 saturated heterocycles. The standard InChI is InChI=1S/C24H24ClN5O4.C2HF3O2/c1-33-18-13-12-17(19(25)21(18)34-2)20(28-16-10-8-14(9-11-16)22(26)27)24(32)30-29-23(31)15-6-4-3-5-7-15;3-2(4,5)1(6)7/h3-13,20,28H,1-2H3,(H3,26,27)(H,29,31)(H,30,32);(H,6,7). The first kappa shape index (κ1) is 32.2. The zero-order valence-corrected chi connectivity index (χ0v) is 22.3. The minimum Gasteiger partial charge on any atom is -0.493 e. The van der Waals surface area contributed by atoms with Crippen LogP contribution in [0, 0.1) is 5.41 Å². The lowest BCUT2D eigenvalue weighted by atomic mass is 10.0. The van der Waals surface area contributed by atoms with E-state index in [1.807, 2.05) is 0 Å². The zero-order chi connectivity index (χ0) is 30.7. The quantitative estimate of drug-likeness (QED) is 0.129. The maximum absolute atomic E-state index is 13.2. The summed E-state index contributed by atoms with van der Waals surface area (Å²) in [6, 6.07) is 17.3. The van der Waals surface area contributed by atoms with Gasteiger partial charge in [0.1, 0.15) is 11.9 Å². The number of alkyl halides is 3. The molecular weight excluding hydrogens is 571 g/mol. The number of aliphatic carboxylic acids is 1. The minimum absolute atomic E-state index is 0.0765. The molecule has 11 nitrogen and oxygen atoms in total. The van der Waals surface area contributed by atoms with Crippen molar-refractivity contribution < 1.29 is 42.1 Å². The fraction of sp³-hybridized carbons (Fsp3) is 0.154. The lowest BCUT2D eigenvalue weighted by Crippen LogP contribution is -2.45. The van der Waals surface area contributed by atoms with Crippen molar-refractivity contribution in [3.63, 3.8) is 0 Å². The highest BCUT2D eigenvalue weighted by molar-refractivity contribution is 6.33. The number of ether oxygens (including phenoxy) is 2. The molecule has 3 rings (SSSR count). The molecule has 0 fully saturated rings. The molecule has 0 spiro atoms. The van der Waals surface area contributed by atoms with Gasteiger partial charge < -0.3 is 25.6 Å². The SMILES string of the molecule is COc1ccc(C(Nc2ccc(C(=N)N)cc2)C(=O)NNC(=O)c2ccccc2)c(Cl)c1OC.O=C(O)C(F)(F)F. The zero-order valence-electron chi connectivity index (χ0n) is 21.5. The topological polar surface area (TPSA) is 176 Å². The van der Waals surface area contributed by atoms with Crippen LogP contribution in [-0.2, 0) is 9.59 Å². The summed E-state index contributed by atoms with van der Waals surface area (Å²) >= 11 is 6.57. The van der Waals surface area contributed by atoms with Gasteiger partial charge in [0.05, 0.1) is 19.2 Å². The van der Waals surface area contributed by atoms with Crippen LogP contribution >= 0.6 is 11.6 Å². The lowest BCUT2D eigenvalue weighted by Gasteiger charge is -2.23. The molecule has 0 heterocycles. The highest BCUT2D eigenvalue weighted by Crippen LogP contribution is 2.40. The van der Waals surface area contributed by atoms with Crippen molar-refractivity contribution >= 4 is 40.9 Å². The van der Waals surface area contributed by atoms with Gasteiger partial charge in [-0.25, -0.2) is 4.79 Å². The average molecular weight is 596 g/mol. The molecule has 0 aliphatic heterocycles. The van der Waals surface area contributed by atoms with Crippen molar-refractivity contribution in [1.29, 1.82) is 5.41 Å². The molecule has 1 unspecified atom stereocenters. The number of carboxylic acid groups (broad SMARTS) is 1. The summed E-state index contributed by atoms with van der Waals surface area (Å²) in [5, 5.41) is 17.9. The van der Waals surface area contributed by atoms with Crippen LogP contribution in [0.3, 0.4) is 0 Å². The second kappa shape index (κ2) is 14.4. The second-order valence-electron chi connectivity index (χ2n) is 7.88. The number of rotatable bonds is 8. The van der Waals surface area contributed by atoms with Gasteiger partial charge in [0.2, 0.25) is 0 Å². The Balaban J connectivity index is 0.000000745. The third-order valence-corrected chi connectivity index (χ3v) is 5.56. The fourth-order valence-electron chi connectivity index (χ4n) is 3.18. The number of anilines is 1. The summed E-state index contributed by atoms with van der Waals surface area (Å²) in [5.74, 6) is -3.22. The molecule has 3 aromatic rings. The molecular formula is C26H25ClF3N5O6. The van der Waals surface area contributed by atoms with E-state index in [0.29, 0.717) is 28.1 Å². The lowest BCUT2D eigenvalue weighted by molar-refractivity contribution is -0.192. The molecule has 0 bridgehead atoms. The van der Waals surface area contributed by atoms with Gasteiger partial charge in [0.25, 0.3) is 11.8 Å². The number of methoxy groups -OCH3 is 2. The Bertz CT molecular complexity index is 1390. The Morgan fingerprint density at radius 2 is 1.51 bits per heavy atom. The fourth-order valence-corrected chi connectivity index (χ4v) is 3.52. The van der Waals surface area contributed by atoms with Crippen molar-refractivity contribution in [2.45, 2.75) is 12.2 Å². The average Bonchev–Trinajstić information content (AvgIpc) is 2.95. The van der Waals surface area contributed by atoms with E-state index in [1.54, 1.807) is 66.7 Å². The molecule has 218 valence electrons. The maximum atomic E-state index is 13.2. The molecule has 0 saturated carbocycles. The van der Waals surface area contributed by atoms with E-state index in [1.165, 1.54) is 14.2 Å². The third-order valence-electron chi connectivity index (χ3n) is 5.17. The van der Waals surface area contributed by atoms with E-state index in [9.17, 15) is 22.8 Å². The molecule has 41 heavy (non-hydrogen) atoms. The summed E-state index contributed by atoms with van der Waals surface area (Å²) in [7, 11) is 2.92. The Hall–Kier alpha value is -4.98. The third kappa shape index (κ3) is 9.03. The van der Waals surface area contributed by atoms with Crippen LogP contribution < -0.4 is 31.4 Å². The smallest absolute Gasteiger partial charge is 0.490 e. The molecule has 3 aromatic carbocycles. The van der Waals surface area contributed by atoms with Gasteiger partial charge in [-0.15, -0.1) is 0 Å². The monoisotopic (exact) mass is 595 g/mol.